The molecule has 1 aromatic heterocycles. The number of anilines is 1. The van der Waals surface area contributed by atoms with Crippen molar-refractivity contribution in [3.8, 4) is 0 Å². The minimum atomic E-state index is -0.225. The van der Waals surface area contributed by atoms with Crippen molar-refractivity contribution in [1.29, 1.82) is 0 Å². The van der Waals surface area contributed by atoms with E-state index in [1.54, 1.807) is 11.1 Å². The number of likely N-dealkylation sites (tertiary alicyclic amines) is 1. The zero-order valence-electron chi connectivity index (χ0n) is 10.6. The first-order valence-corrected chi connectivity index (χ1v) is 6.27. The highest BCUT2D eigenvalue weighted by molar-refractivity contribution is 5.67. The number of piperidine rings is 1. The molecule has 0 aromatic carbocycles. The molecule has 1 atom stereocenters. The van der Waals surface area contributed by atoms with Gasteiger partial charge in [-0.25, -0.2) is 9.78 Å². The molecule has 5 heteroatoms. The van der Waals surface area contributed by atoms with Crippen molar-refractivity contribution in [3.63, 3.8) is 0 Å². The number of nitrogens with zero attached hydrogens (tertiary/aromatic N) is 2. The molecular weight excluding hydrogens is 230 g/mol. The summed E-state index contributed by atoms with van der Waals surface area (Å²) in [5, 5.41) is 3.30. The maximum atomic E-state index is 11.5. The fourth-order valence-corrected chi connectivity index (χ4v) is 2.24. The van der Waals surface area contributed by atoms with Crippen molar-refractivity contribution >= 4 is 11.9 Å². The molecule has 0 aliphatic carbocycles. The molecule has 1 N–H and O–H groups in total. The van der Waals surface area contributed by atoms with Crippen molar-refractivity contribution in [2.45, 2.75) is 12.8 Å². The van der Waals surface area contributed by atoms with Crippen molar-refractivity contribution in [1.82, 2.24) is 9.88 Å². The lowest BCUT2D eigenvalue weighted by Gasteiger charge is -2.31. The summed E-state index contributed by atoms with van der Waals surface area (Å²) in [6.45, 7) is 2.39. The lowest BCUT2D eigenvalue weighted by atomic mass is 9.98. The quantitative estimate of drug-likeness (QED) is 0.890. The van der Waals surface area contributed by atoms with E-state index in [0.29, 0.717) is 5.92 Å². The van der Waals surface area contributed by atoms with E-state index >= 15 is 0 Å². The van der Waals surface area contributed by atoms with Gasteiger partial charge in [-0.15, -0.1) is 0 Å². The van der Waals surface area contributed by atoms with Crippen LogP contribution in [0.1, 0.15) is 12.8 Å². The Kier molecular flexibility index (Phi) is 4.39. The maximum Gasteiger partial charge on any atom is 0.409 e. The van der Waals surface area contributed by atoms with Crippen LogP contribution in [0.25, 0.3) is 0 Å². The standard InChI is InChI=1S/C13H19N3O2/c1-18-13(17)16-8-4-5-11(10-16)9-15-12-6-2-3-7-14-12/h2-3,6-7,11H,4-5,8-10H2,1H3,(H,14,15). The summed E-state index contributed by atoms with van der Waals surface area (Å²) in [4.78, 5) is 17.4. The van der Waals surface area contributed by atoms with Crippen LogP contribution in [0.2, 0.25) is 0 Å². The van der Waals surface area contributed by atoms with E-state index < -0.39 is 0 Å². The molecule has 2 heterocycles. The Labute approximate surface area is 107 Å². The van der Waals surface area contributed by atoms with Gasteiger partial charge < -0.3 is 15.0 Å². The molecule has 1 aromatic rings. The van der Waals surface area contributed by atoms with Crippen LogP contribution < -0.4 is 5.32 Å². The molecule has 98 valence electrons. The molecule has 18 heavy (non-hydrogen) atoms. The number of ether oxygens (including phenoxy) is 1. The SMILES string of the molecule is COC(=O)N1CCCC(CNc2ccccn2)C1. The van der Waals surface area contributed by atoms with Crippen molar-refractivity contribution in [2.24, 2.45) is 5.92 Å². The van der Waals surface area contributed by atoms with Crippen LogP contribution in [0.15, 0.2) is 24.4 Å². The molecule has 2 rings (SSSR count). The number of aromatic nitrogens is 1. The van der Waals surface area contributed by atoms with Gasteiger partial charge in [0.25, 0.3) is 0 Å². The lowest BCUT2D eigenvalue weighted by Crippen LogP contribution is -2.41. The molecule has 1 aliphatic heterocycles. The summed E-state index contributed by atoms with van der Waals surface area (Å²) < 4.78 is 4.76. The number of pyridine rings is 1. The molecular formula is C13H19N3O2. The Hall–Kier alpha value is -1.78. The Morgan fingerprint density at radius 2 is 2.50 bits per heavy atom. The van der Waals surface area contributed by atoms with Crippen molar-refractivity contribution < 1.29 is 9.53 Å². The summed E-state index contributed by atoms with van der Waals surface area (Å²) >= 11 is 0. The van der Waals surface area contributed by atoms with Gasteiger partial charge in [0.05, 0.1) is 7.11 Å². The monoisotopic (exact) mass is 249 g/mol. The smallest absolute Gasteiger partial charge is 0.409 e. The fourth-order valence-electron chi connectivity index (χ4n) is 2.24. The van der Waals surface area contributed by atoms with Crippen molar-refractivity contribution in [3.05, 3.63) is 24.4 Å². The number of carbonyl (C=O) groups is 1. The van der Waals surface area contributed by atoms with Gasteiger partial charge in [0.15, 0.2) is 0 Å². The van der Waals surface area contributed by atoms with Crippen LogP contribution in [0.3, 0.4) is 0 Å². The average molecular weight is 249 g/mol. The molecule has 1 unspecified atom stereocenters. The third-order valence-electron chi connectivity index (χ3n) is 3.19. The minimum absolute atomic E-state index is 0.225. The van der Waals surface area contributed by atoms with Crippen LogP contribution in [0.5, 0.6) is 0 Å². The molecule has 1 saturated heterocycles. The zero-order chi connectivity index (χ0) is 12.8. The van der Waals surface area contributed by atoms with Crippen LogP contribution >= 0.6 is 0 Å². The van der Waals surface area contributed by atoms with Gasteiger partial charge in [-0.1, -0.05) is 6.07 Å². The second kappa shape index (κ2) is 6.23. The number of hydrogen-bond donors (Lipinski definition) is 1. The number of rotatable bonds is 3. The van der Waals surface area contributed by atoms with E-state index in [1.807, 2.05) is 18.2 Å². The second-order valence-electron chi connectivity index (χ2n) is 4.52. The summed E-state index contributed by atoms with van der Waals surface area (Å²) in [7, 11) is 1.43. The highest BCUT2D eigenvalue weighted by atomic mass is 16.5. The van der Waals surface area contributed by atoms with E-state index in [4.69, 9.17) is 4.74 Å². The van der Waals surface area contributed by atoms with E-state index in [0.717, 1.165) is 38.3 Å². The van der Waals surface area contributed by atoms with Crippen LogP contribution in [-0.2, 0) is 4.74 Å². The van der Waals surface area contributed by atoms with E-state index in [1.165, 1.54) is 7.11 Å². The molecule has 1 fully saturated rings. The van der Waals surface area contributed by atoms with Gasteiger partial charge in [0.1, 0.15) is 5.82 Å². The van der Waals surface area contributed by atoms with Gasteiger partial charge >= 0.3 is 6.09 Å². The summed E-state index contributed by atoms with van der Waals surface area (Å²) in [6.07, 6.45) is 3.71. The largest absolute Gasteiger partial charge is 0.453 e. The molecule has 0 radical (unpaired) electrons. The Bertz CT molecular complexity index is 383. The van der Waals surface area contributed by atoms with Crippen LogP contribution in [0.4, 0.5) is 10.6 Å². The van der Waals surface area contributed by atoms with Gasteiger partial charge in [0, 0.05) is 25.8 Å². The number of nitrogens with one attached hydrogen (secondary N) is 1. The Balaban J connectivity index is 1.81. The third-order valence-corrected chi connectivity index (χ3v) is 3.19. The minimum Gasteiger partial charge on any atom is -0.453 e. The zero-order valence-corrected chi connectivity index (χ0v) is 10.6. The molecule has 1 aliphatic rings. The summed E-state index contributed by atoms with van der Waals surface area (Å²) in [5.41, 5.74) is 0. The number of amides is 1. The van der Waals surface area contributed by atoms with Crippen molar-refractivity contribution in [2.75, 3.05) is 32.1 Å². The average Bonchev–Trinajstić information content (AvgIpc) is 2.45. The first kappa shape index (κ1) is 12.7. The first-order valence-electron chi connectivity index (χ1n) is 6.27. The van der Waals surface area contributed by atoms with Crippen LogP contribution in [-0.4, -0.2) is 42.7 Å². The van der Waals surface area contributed by atoms with Gasteiger partial charge in [-0.05, 0) is 30.9 Å². The van der Waals surface area contributed by atoms with Crippen LogP contribution in [0, 0.1) is 5.92 Å². The highest BCUT2D eigenvalue weighted by Gasteiger charge is 2.23. The molecule has 0 saturated carbocycles. The fraction of sp³-hybridized carbons (Fsp3) is 0.538. The first-order chi connectivity index (χ1) is 8.79. The molecule has 1 amide bonds. The highest BCUT2D eigenvalue weighted by Crippen LogP contribution is 2.17. The topological polar surface area (TPSA) is 54.5 Å². The van der Waals surface area contributed by atoms with E-state index in [9.17, 15) is 4.79 Å². The Morgan fingerprint density at radius 3 is 3.22 bits per heavy atom. The molecule has 0 spiro atoms. The molecule has 0 bridgehead atoms. The molecule has 5 nitrogen and oxygen atoms in total. The third kappa shape index (κ3) is 3.35. The summed E-state index contributed by atoms with van der Waals surface area (Å²) in [5.74, 6) is 1.34. The second-order valence-corrected chi connectivity index (χ2v) is 4.52. The predicted molar refractivity (Wildman–Crippen MR) is 69.4 cm³/mol. The normalized spacial score (nSPS) is 19.4. The van der Waals surface area contributed by atoms with Gasteiger partial charge in [0.2, 0.25) is 0 Å². The van der Waals surface area contributed by atoms with Gasteiger partial charge in [-0.3, -0.25) is 0 Å². The summed E-state index contributed by atoms with van der Waals surface area (Å²) in [6, 6.07) is 5.79. The number of methoxy groups -OCH3 is 1. The lowest BCUT2D eigenvalue weighted by molar-refractivity contribution is 0.104. The van der Waals surface area contributed by atoms with Gasteiger partial charge in [-0.2, -0.15) is 0 Å². The Morgan fingerprint density at radius 1 is 1.61 bits per heavy atom. The van der Waals surface area contributed by atoms with E-state index in [2.05, 4.69) is 10.3 Å². The number of hydrogen-bond acceptors (Lipinski definition) is 4. The number of carbonyl (C=O) groups excluding carboxylic acids is 1. The maximum absolute atomic E-state index is 11.5. The predicted octanol–water partition coefficient (Wildman–Crippen LogP) is 1.97. The van der Waals surface area contributed by atoms with E-state index in [-0.39, 0.29) is 6.09 Å².